The molecule has 7 nitrogen and oxygen atoms in total. The Bertz CT molecular complexity index is 1010. The van der Waals surface area contributed by atoms with Crippen molar-refractivity contribution >= 4 is 17.7 Å². The van der Waals surface area contributed by atoms with E-state index in [1.54, 1.807) is 47.5 Å². The minimum atomic E-state index is -0.243. The average Bonchev–Trinajstić information content (AvgIpc) is 3.13. The molecule has 4 rings (SSSR count). The number of rotatable bonds is 4. The van der Waals surface area contributed by atoms with Crippen molar-refractivity contribution in [1.29, 1.82) is 0 Å². The molecular weight excluding hydrogens is 344 g/mol. The SMILES string of the molecule is Cn1cc(-c2ccncc2/C=C/C(=O)Nc2ccc3c(c2)OCCO3)cn1. The van der Waals surface area contributed by atoms with Gasteiger partial charge in [0.15, 0.2) is 11.5 Å². The number of fused-ring (bicyclic) bond motifs is 1. The molecule has 0 radical (unpaired) electrons. The fourth-order valence-electron chi connectivity index (χ4n) is 2.83. The van der Waals surface area contributed by atoms with Crippen molar-refractivity contribution in [2.45, 2.75) is 0 Å². The van der Waals surface area contributed by atoms with Crippen LogP contribution in [0.25, 0.3) is 17.2 Å². The molecule has 0 saturated carbocycles. The Morgan fingerprint density at radius 3 is 2.85 bits per heavy atom. The summed E-state index contributed by atoms with van der Waals surface area (Å²) in [6.07, 6.45) is 10.4. The zero-order valence-corrected chi connectivity index (χ0v) is 14.8. The molecule has 1 aliphatic heterocycles. The summed E-state index contributed by atoms with van der Waals surface area (Å²) in [5, 5.41) is 7.02. The predicted octanol–water partition coefficient (Wildman–Crippen LogP) is 2.91. The van der Waals surface area contributed by atoms with E-state index in [2.05, 4.69) is 15.4 Å². The van der Waals surface area contributed by atoms with Gasteiger partial charge in [0.2, 0.25) is 5.91 Å². The highest BCUT2D eigenvalue weighted by atomic mass is 16.6. The normalized spacial score (nSPS) is 12.9. The predicted molar refractivity (Wildman–Crippen MR) is 102 cm³/mol. The van der Waals surface area contributed by atoms with Crippen molar-refractivity contribution in [2.24, 2.45) is 7.05 Å². The van der Waals surface area contributed by atoms with Crippen LogP contribution in [0.2, 0.25) is 0 Å². The number of carbonyl (C=O) groups is 1. The fraction of sp³-hybridized carbons (Fsp3) is 0.150. The van der Waals surface area contributed by atoms with E-state index < -0.39 is 0 Å². The Labute approximate surface area is 156 Å². The minimum absolute atomic E-state index is 0.243. The van der Waals surface area contributed by atoms with Crippen molar-refractivity contribution in [3.63, 3.8) is 0 Å². The van der Waals surface area contributed by atoms with Gasteiger partial charge >= 0.3 is 0 Å². The van der Waals surface area contributed by atoms with E-state index in [4.69, 9.17) is 9.47 Å². The van der Waals surface area contributed by atoms with E-state index in [0.29, 0.717) is 30.4 Å². The second kappa shape index (κ2) is 7.33. The summed E-state index contributed by atoms with van der Waals surface area (Å²) in [6.45, 7) is 1.04. The topological polar surface area (TPSA) is 78.3 Å². The van der Waals surface area contributed by atoms with Crippen LogP contribution in [0.15, 0.2) is 55.1 Å². The lowest BCUT2D eigenvalue weighted by Crippen LogP contribution is -2.16. The van der Waals surface area contributed by atoms with Crippen LogP contribution in [0.4, 0.5) is 5.69 Å². The first kappa shape index (κ1) is 16.8. The molecule has 1 amide bonds. The number of nitrogens with zero attached hydrogens (tertiary/aromatic N) is 3. The fourth-order valence-corrected chi connectivity index (χ4v) is 2.83. The molecule has 0 spiro atoms. The quantitative estimate of drug-likeness (QED) is 0.722. The van der Waals surface area contributed by atoms with Crippen LogP contribution >= 0.6 is 0 Å². The highest BCUT2D eigenvalue weighted by molar-refractivity contribution is 6.02. The highest BCUT2D eigenvalue weighted by Crippen LogP contribution is 2.32. The Morgan fingerprint density at radius 2 is 2.04 bits per heavy atom. The first-order valence-corrected chi connectivity index (χ1v) is 8.51. The van der Waals surface area contributed by atoms with Gasteiger partial charge in [0.1, 0.15) is 13.2 Å². The van der Waals surface area contributed by atoms with Crippen LogP contribution in [-0.2, 0) is 11.8 Å². The second-order valence-electron chi connectivity index (χ2n) is 6.05. The van der Waals surface area contributed by atoms with Gasteiger partial charge in [0, 0.05) is 54.6 Å². The zero-order chi connectivity index (χ0) is 18.6. The lowest BCUT2D eigenvalue weighted by atomic mass is 10.0. The van der Waals surface area contributed by atoms with Crippen LogP contribution in [0, 0.1) is 0 Å². The molecule has 1 N–H and O–H groups in total. The number of benzene rings is 1. The first-order valence-electron chi connectivity index (χ1n) is 8.51. The third-order valence-corrected chi connectivity index (χ3v) is 4.09. The van der Waals surface area contributed by atoms with E-state index in [1.165, 1.54) is 6.08 Å². The van der Waals surface area contributed by atoms with E-state index in [9.17, 15) is 4.79 Å². The molecule has 0 saturated heterocycles. The highest BCUT2D eigenvalue weighted by Gasteiger charge is 2.12. The molecule has 1 aromatic carbocycles. The van der Waals surface area contributed by atoms with Gasteiger partial charge in [0.25, 0.3) is 0 Å². The standard InChI is InChI=1S/C20H18N4O3/c1-24-13-15(12-22-24)17-6-7-21-11-14(17)2-5-20(25)23-16-3-4-18-19(10-16)27-9-8-26-18/h2-7,10-13H,8-9H2,1H3,(H,23,25)/b5-2+. The van der Waals surface area contributed by atoms with E-state index in [0.717, 1.165) is 16.7 Å². The Balaban J connectivity index is 1.49. The summed E-state index contributed by atoms with van der Waals surface area (Å²) >= 11 is 0. The molecule has 27 heavy (non-hydrogen) atoms. The van der Waals surface area contributed by atoms with Crippen LogP contribution in [-0.4, -0.2) is 33.9 Å². The Hall–Kier alpha value is -3.61. The monoisotopic (exact) mass is 362 g/mol. The number of ether oxygens (including phenoxy) is 2. The minimum Gasteiger partial charge on any atom is -0.486 e. The van der Waals surface area contributed by atoms with E-state index in [1.807, 2.05) is 19.3 Å². The van der Waals surface area contributed by atoms with Gasteiger partial charge in [-0.05, 0) is 29.8 Å². The maximum Gasteiger partial charge on any atom is 0.248 e. The number of pyridine rings is 1. The summed E-state index contributed by atoms with van der Waals surface area (Å²) in [5.74, 6) is 1.08. The number of nitrogens with one attached hydrogen (secondary N) is 1. The maximum absolute atomic E-state index is 12.3. The molecule has 0 fully saturated rings. The van der Waals surface area contributed by atoms with Gasteiger partial charge in [0.05, 0.1) is 6.20 Å². The van der Waals surface area contributed by atoms with Crippen LogP contribution < -0.4 is 14.8 Å². The van der Waals surface area contributed by atoms with E-state index >= 15 is 0 Å². The van der Waals surface area contributed by atoms with Gasteiger partial charge in [-0.3, -0.25) is 14.5 Å². The molecule has 7 heteroatoms. The third kappa shape index (κ3) is 3.82. The summed E-state index contributed by atoms with van der Waals surface area (Å²) in [6, 6.07) is 7.22. The molecule has 2 aromatic heterocycles. The molecule has 0 atom stereocenters. The Kier molecular flexibility index (Phi) is 4.57. The van der Waals surface area contributed by atoms with Gasteiger partial charge in [-0.2, -0.15) is 5.10 Å². The summed E-state index contributed by atoms with van der Waals surface area (Å²) < 4.78 is 12.7. The Morgan fingerprint density at radius 1 is 1.19 bits per heavy atom. The lowest BCUT2D eigenvalue weighted by molar-refractivity contribution is -0.111. The number of amides is 1. The number of aryl methyl sites for hydroxylation is 1. The lowest BCUT2D eigenvalue weighted by Gasteiger charge is -2.18. The first-order chi connectivity index (χ1) is 13.2. The average molecular weight is 362 g/mol. The number of hydrogen-bond acceptors (Lipinski definition) is 5. The van der Waals surface area contributed by atoms with Crippen molar-refractivity contribution in [3.05, 3.63) is 60.7 Å². The zero-order valence-electron chi connectivity index (χ0n) is 14.8. The van der Waals surface area contributed by atoms with Crippen LogP contribution in [0.1, 0.15) is 5.56 Å². The second-order valence-corrected chi connectivity index (χ2v) is 6.05. The van der Waals surface area contributed by atoms with Gasteiger partial charge in [-0.1, -0.05) is 0 Å². The summed E-state index contributed by atoms with van der Waals surface area (Å²) in [7, 11) is 1.86. The number of anilines is 1. The van der Waals surface area contributed by atoms with Crippen LogP contribution in [0.5, 0.6) is 11.5 Å². The largest absolute Gasteiger partial charge is 0.486 e. The summed E-state index contributed by atoms with van der Waals surface area (Å²) in [5.41, 5.74) is 3.41. The third-order valence-electron chi connectivity index (χ3n) is 4.09. The van der Waals surface area contributed by atoms with E-state index in [-0.39, 0.29) is 5.91 Å². The summed E-state index contributed by atoms with van der Waals surface area (Å²) in [4.78, 5) is 16.4. The number of carbonyl (C=O) groups excluding carboxylic acids is 1. The van der Waals surface area contributed by atoms with Crippen molar-refractivity contribution in [3.8, 4) is 22.6 Å². The van der Waals surface area contributed by atoms with Gasteiger partial charge < -0.3 is 14.8 Å². The molecule has 1 aliphatic rings. The van der Waals surface area contributed by atoms with Crippen molar-refractivity contribution in [2.75, 3.05) is 18.5 Å². The smallest absolute Gasteiger partial charge is 0.248 e. The molecule has 3 heterocycles. The molecule has 3 aromatic rings. The molecule has 0 unspecified atom stereocenters. The number of aromatic nitrogens is 3. The van der Waals surface area contributed by atoms with Crippen molar-refractivity contribution in [1.82, 2.24) is 14.8 Å². The van der Waals surface area contributed by atoms with Crippen LogP contribution in [0.3, 0.4) is 0 Å². The van der Waals surface area contributed by atoms with Gasteiger partial charge in [-0.15, -0.1) is 0 Å². The maximum atomic E-state index is 12.3. The molecular formula is C20H18N4O3. The molecule has 136 valence electrons. The molecule has 0 aliphatic carbocycles. The number of hydrogen-bond donors (Lipinski definition) is 1. The van der Waals surface area contributed by atoms with Gasteiger partial charge in [-0.25, -0.2) is 0 Å². The molecule has 0 bridgehead atoms. The van der Waals surface area contributed by atoms with Crippen molar-refractivity contribution < 1.29 is 14.3 Å².